The van der Waals surface area contributed by atoms with Crippen molar-refractivity contribution in [3.63, 3.8) is 0 Å². The van der Waals surface area contributed by atoms with Gasteiger partial charge < -0.3 is 10.1 Å². The van der Waals surface area contributed by atoms with Crippen molar-refractivity contribution in [3.8, 4) is 0 Å². The van der Waals surface area contributed by atoms with Gasteiger partial charge in [-0.2, -0.15) is 0 Å². The van der Waals surface area contributed by atoms with Crippen LogP contribution in [0, 0.1) is 0 Å². The minimum Gasteiger partial charge on any atom is -0.373 e. The number of hydrogen-bond donors (Lipinski definition) is 1. The second-order valence-corrected chi connectivity index (χ2v) is 11.3. The smallest absolute Gasteiger partial charge is 0.252 e. The summed E-state index contributed by atoms with van der Waals surface area (Å²) >= 11 is 1.20. The number of ether oxygens (including phenoxy) is 1. The van der Waals surface area contributed by atoms with Gasteiger partial charge in [-0.15, -0.1) is 11.3 Å². The van der Waals surface area contributed by atoms with Crippen LogP contribution in [0.1, 0.15) is 40.5 Å². The van der Waals surface area contributed by atoms with Crippen molar-refractivity contribution >= 4 is 27.3 Å². The first-order valence-corrected chi connectivity index (χ1v) is 12.0. The maximum atomic E-state index is 12.4. The Kier molecular flexibility index (Phi) is 8.04. The second kappa shape index (κ2) is 9.67. The monoisotopic (exact) mass is 431 g/mol. The predicted molar refractivity (Wildman–Crippen MR) is 112 cm³/mol. The van der Waals surface area contributed by atoms with E-state index in [1.54, 1.807) is 24.6 Å². The molecule has 7 nitrogen and oxygen atoms in total. The fourth-order valence-electron chi connectivity index (χ4n) is 3.33. The van der Waals surface area contributed by atoms with Crippen LogP contribution < -0.4 is 5.32 Å². The number of rotatable bonds is 9. The number of morpholine rings is 1. The largest absolute Gasteiger partial charge is 0.373 e. The predicted octanol–water partition coefficient (Wildman–Crippen LogP) is 2.15. The third-order valence-corrected chi connectivity index (χ3v) is 8.26. The molecule has 2 rings (SSSR count). The average molecular weight is 432 g/mol. The van der Waals surface area contributed by atoms with Crippen LogP contribution >= 0.6 is 11.3 Å². The van der Waals surface area contributed by atoms with Crippen LogP contribution in [-0.4, -0.2) is 74.5 Å². The lowest BCUT2D eigenvalue weighted by atomic mass is 10.00. The Balaban J connectivity index is 1.75. The van der Waals surface area contributed by atoms with Crippen molar-refractivity contribution in [2.24, 2.45) is 0 Å². The molecule has 2 unspecified atom stereocenters. The van der Waals surface area contributed by atoms with Crippen LogP contribution in [0.5, 0.6) is 0 Å². The molecule has 1 fully saturated rings. The third kappa shape index (κ3) is 6.25. The molecular weight excluding hydrogens is 398 g/mol. The lowest BCUT2D eigenvalue weighted by molar-refractivity contribution is -0.123. The molecule has 2 heterocycles. The number of thiophene rings is 1. The van der Waals surface area contributed by atoms with Gasteiger partial charge in [0.25, 0.3) is 10.0 Å². The number of carbonyl (C=O) groups excluding carboxylic acids is 1. The Morgan fingerprint density at radius 1 is 1.36 bits per heavy atom. The summed E-state index contributed by atoms with van der Waals surface area (Å²) < 4.78 is 32.2. The number of amides is 1. The summed E-state index contributed by atoms with van der Waals surface area (Å²) in [4.78, 5) is 14.6. The molecule has 1 saturated heterocycles. The van der Waals surface area contributed by atoms with Gasteiger partial charge in [0.1, 0.15) is 4.21 Å². The summed E-state index contributed by atoms with van der Waals surface area (Å²) in [5.41, 5.74) is -0.165. The Hall–Kier alpha value is -1.00. The van der Waals surface area contributed by atoms with Crippen molar-refractivity contribution in [1.82, 2.24) is 14.5 Å². The summed E-state index contributed by atoms with van der Waals surface area (Å²) in [5.74, 6) is -0.0515. The normalized spacial score (nSPS) is 21.8. The molecule has 28 heavy (non-hydrogen) atoms. The van der Waals surface area contributed by atoms with E-state index >= 15 is 0 Å². The Labute approximate surface area is 173 Å². The van der Waals surface area contributed by atoms with E-state index < -0.39 is 10.0 Å². The van der Waals surface area contributed by atoms with Crippen LogP contribution in [0.25, 0.3) is 0 Å². The highest BCUT2D eigenvalue weighted by molar-refractivity contribution is 7.91. The molecule has 2 atom stereocenters. The molecule has 0 bridgehead atoms. The SMILES string of the molecule is CC1CN(C(C)(C)CNC(=O)CCCN(C)S(=O)(=O)c2cccs2)CC(C)O1. The van der Waals surface area contributed by atoms with Gasteiger partial charge in [-0.25, -0.2) is 12.7 Å². The Morgan fingerprint density at radius 2 is 2.00 bits per heavy atom. The Morgan fingerprint density at radius 3 is 2.57 bits per heavy atom. The average Bonchev–Trinajstić information content (AvgIpc) is 3.14. The highest BCUT2D eigenvalue weighted by atomic mass is 32.2. The zero-order valence-electron chi connectivity index (χ0n) is 17.5. The zero-order valence-corrected chi connectivity index (χ0v) is 19.1. The van der Waals surface area contributed by atoms with E-state index in [9.17, 15) is 13.2 Å². The minimum atomic E-state index is -3.45. The molecule has 1 aromatic heterocycles. The molecule has 0 spiro atoms. The van der Waals surface area contributed by atoms with E-state index in [4.69, 9.17) is 4.74 Å². The maximum Gasteiger partial charge on any atom is 0.252 e. The molecule has 0 aliphatic carbocycles. The topological polar surface area (TPSA) is 79.0 Å². The lowest BCUT2D eigenvalue weighted by Crippen LogP contribution is -2.58. The van der Waals surface area contributed by atoms with E-state index in [-0.39, 0.29) is 23.7 Å². The minimum absolute atomic E-state index is 0.0515. The quantitative estimate of drug-likeness (QED) is 0.648. The molecule has 1 aliphatic heterocycles. The molecule has 1 N–H and O–H groups in total. The van der Waals surface area contributed by atoms with Crippen LogP contribution in [0.4, 0.5) is 0 Å². The first-order chi connectivity index (χ1) is 13.0. The number of nitrogens with zero attached hydrogens (tertiary/aromatic N) is 2. The Bertz CT molecular complexity index is 724. The summed E-state index contributed by atoms with van der Waals surface area (Å²) in [6, 6.07) is 3.31. The third-order valence-electron chi connectivity index (χ3n) is 5.03. The lowest BCUT2D eigenvalue weighted by Gasteiger charge is -2.45. The molecule has 160 valence electrons. The fourth-order valence-corrected chi connectivity index (χ4v) is 5.74. The van der Waals surface area contributed by atoms with Crippen LogP contribution in [0.15, 0.2) is 21.7 Å². The van der Waals surface area contributed by atoms with Gasteiger partial charge in [0.15, 0.2) is 0 Å². The van der Waals surface area contributed by atoms with E-state index in [2.05, 4.69) is 37.9 Å². The molecule has 9 heteroatoms. The maximum absolute atomic E-state index is 12.4. The van der Waals surface area contributed by atoms with Gasteiger partial charge in [0, 0.05) is 45.2 Å². The molecule has 0 aromatic carbocycles. The van der Waals surface area contributed by atoms with Crippen LogP contribution in [0.2, 0.25) is 0 Å². The van der Waals surface area contributed by atoms with Gasteiger partial charge >= 0.3 is 0 Å². The van der Waals surface area contributed by atoms with E-state index in [1.165, 1.54) is 15.6 Å². The number of nitrogens with one attached hydrogen (secondary N) is 1. The summed E-state index contributed by atoms with van der Waals surface area (Å²) in [7, 11) is -1.90. The summed E-state index contributed by atoms with van der Waals surface area (Å²) in [5, 5.41) is 4.74. The van der Waals surface area contributed by atoms with Crippen molar-refractivity contribution in [2.75, 3.05) is 33.2 Å². The highest BCUT2D eigenvalue weighted by Gasteiger charge is 2.33. The van der Waals surface area contributed by atoms with Crippen LogP contribution in [0.3, 0.4) is 0 Å². The molecular formula is C19H33N3O4S2. The number of hydrogen-bond acceptors (Lipinski definition) is 6. The zero-order chi connectivity index (χ0) is 20.9. The van der Waals surface area contributed by atoms with Gasteiger partial charge in [-0.3, -0.25) is 9.69 Å². The first-order valence-electron chi connectivity index (χ1n) is 9.69. The van der Waals surface area contributed by atoms with E-state index in [0.717, 1.165) is 13.1 Å². The highest BCUT2D eigenvalue weighted by Crippen LogP contribution is 2.21. The molecule has 0 radical (unpaired) electrons. The van der Waals surface area contributed by atoms with Gasteiger partial charge in [-0.1, -0.05) is 6.07 Å². The molecule has 1 aromatic rings. The second-order valence-electron chi connectivity index (χ2n) is 8.11. The fraction of sp³-hybridized carbons (Fsp3) is 0.737. The summed E-state index contributed by atoms with van der Waals surface area (Å²) in [6.07, 6.45) is 1.15. The van der Waals surface area contributed by atoms with E-state index in [1.807, 2.05) is 0 Å². The van der Waals surface area contributed by atoms with Gasteiger partial charge in [0.05, 0.1) is 12.2 Å². The van der Waals surface area contributed by atoms with Crippen LogP contribution in [-0.2, 0) is 19.6 Å². The summed E-state index contributed by atoms with van der Waals surface area (Å²) in [6.45, 7) is 10.9. The molecule has 1 aliphatic rings. The van der Waals surface area contributed by atoms with Crippen molar-refractivity contribution in [2.45, 2.75) is 62.5 Å². The van der Waals surface area contributed by atoms with Gasteiger partial charge in [0.2, 0.25) is 5.91 Å². The van der Waals surface area contributed by atoms with Crippen molar-refractivity contribution in [1.29, 1.82) is 0 Å². The first kappa shape index (κ1) is 23.3. The van der Waals surface area contributed by atoms with Crippen molar-refractivity contribution < 1.29 is 17.9 Å². The van der Waals surface area contributed by atoms with Crippen molar-refractivity contribution in [3.05, 3.63) is 17.5 Å². The number of sulfonamides is 1. The number of carbonyl (C=O) groups is 1. The molecule has 0 saturated carbocycles. The molecule has 1 amide bonds. The van der Waals surface area contributed by atoms with E-state index in [0.29, 0.717) is 30.1 Å². The van der Waals surface area contributed by atoms with Gasteiger partial charge in [-0.05, 0) is 45.6 Å². The standard InChI is InChI=1S/C19H33N3O4S2/c1-15-12-22(13-16(2)26-15)19(3,4)14-20-17(23)8-6-10-21(5)28(24,25)18-9-7-11-27-18/h7,9,11,15-16H,6,8,10,12-14H2,1-5H3,(H,20,23).